The van der Waals surface area contributed by atoms with Crippen molar-refractivity contribution in [3.63, 3.8) is 0 Å². The Balaban J connectivity index is 1.74. The Bertz CT molecular complexity index is 1180. The molecule has 1 fully saturated rings. The summed E-state index contributed by atoms with van der Waals surface area (Å²) in [7, 11) is 0. The van der Waals surface area contributed by atoms with Gasteiger partial charge in [-0.3, -0.25) is 19.6 Å². The number of rotatable bonds is 3. The van der Waals surface area contributed by atoms with Crippen molar-refractivity contribution in [3.8, 4) is 0 Å². The zero-order valence-corrected chi connectivity index (χ0v) is 20.0. The van der Waals surface area contributed by atoms with Gasteiger partial charge in [0.2, 0.25) is 9.70 Å². The van der Waals surface area contributed by atoms with Gasteiger partial charge in [-0.15, -0.1) is 0 Å². The summed E-state index contributed by atoms with van der Waals surface area (Å²) >= 11 is 24.4. The molecule has 1 aliphatic heterocycles. The predicted octanol–water partition coefficient (Wildman–Crippen LogP) is 5.51. The number of aromatic nitrogens is 1. The second-order valence-electron chi connectivity index (χ2n) is 7.24. The average molecular weight is 506 g/mol. The molecular formula is C23H19Cl3N4OS. The van der Waals surface area contributed by atoms with Gasteiger partial charge in [0.25, 0.3) is 0 Å². The van der Waals surface area contributed by atoms with Gasteiger partial charge in [-0.1, -0.05) is 83.3 Å². The van der Waals surface area contributed by atoms with Crippen molar-refractivity contribution in [3.05, 3.63) is 78.5 Å². The minimum Gasteiger partial charge on any atom is -0.338 e. The first-order valence-electron chi connectivity index (χ1n) is 9.83. The van der Waals surface area contributed by atoms with Crippen LogP contribution in [0.3, 0.4) is 0 Å². The third-order valence-corrected chi connectivity index (χ3v) is 6.12. The number of hydrogen-bond acceptors (Lipinski definition) is 3. The molecule has 3 aromatic rings. The fourth-order valence-corrected chi connectivity index (χ4v) is 4.57. The molecule has 1 aromatic heterocycles. The van der Waals surface area contributed by atoms with E-state index in [0.717, 1.165) is 22.2 Å². The molecule has 0 saturated carbocycles. The molecule has 5 nitrogen and oxygen atoms in total. The van der Waals surface area contributed by atoms with E-state index in [-0.39, 0.29) is 5.91 Å². The van der Waals surface area contributed by atoms with Gasteiger partial charge in [0.1, 0.15) is 6.17 Å². The SMILES string of the molecule is CC1N(c2cccc3cccnc23)C(=S)NC(C(Cl)(Cl)Cl)N1C(=O)/C=C/c1ccccc1. The number of alkyl halides is 3. The van der Waals surface area contributed by atoms with Crippen LogP contribution in [0.2, 0.25) is 0 Å². The second kappa shape index (κ2) is 9.24. The lowest BCUT2D eigenvalue weighted by molar-refractivity contribution is -0.131. The highest BCUT2D eigenvalue weighted by Crippen LogP contribution is 2.38. The summed E-state index contributed by atoms with van der Waals surface area (Å²) in [5.74, 6) is -0.328. The van der Waals surface area contributed by atoms with E-state index in [0.29, 0.717) is 5.11 Å². The van der Waals surface area contributed by atoms with Gasteiger partial charge in [0.05, 0.1) is 11.2 Å². The molecule has 164 valence electrons. The fraction of sp³-hybridized carbons (Fsp3) is 0.174. The zero-order chi connectivity index (χ0) is 22.9. The van der Waals surface area contributed by atoms with E-state index in [2.05, 4.69) is 10.3 Å². The molecule has 2 aromatic carbocycles. The van der Waals surface area contributed by atoms with Crippen LogP contribution in [0.15, 0.2) is 72.9 Å². The molecule has 2 atom stereocenters. The maximum atomic E-state index is 13.3. The lowest BCUT2D eigenvalue weighted by Gasteiger charge is -2.50. The standard InChI is InChI=1S/C23H19Cl3N4OS/c1-15-29(18-11-5-9-17-10-6-14-27-20(17)18)22(32)28-21(23(24,25)26)30(15)19(31)13-12-16-7-3-2-4-8-16/h2-15,21H,1H3,(H,28,32)/b13-12+. The van der Waals surface area contributed by atoms with Crippen LogP contribution >= 0.6 is 47.0 Å². The number of fused-ring (bicyclic) bond motifs is 1. The van der Waals surface area contributed by atoms with Crippen LogP contribution in [-0.2, 0) is 4.79 Å². The van der Waals surface area contributed by atoms with E-state index >= 15 is 0 Å². The molecule has 1 amide bonds. The number of benzene rings is 2. The summed E-state index contributed by atoms with van der Waals surface area (Å²) in [5.41, 5.74) is 2.39. The maximum Gasteiger partial charge on any atom is 0.249 e. The number of halogens is 3. The molecule has 32 heavy (non-hydrogen) atoms. The largest absolute Gasteiger partial charge is 0.338 e. The topological polar surface area (TPSA) is 48.5 Å². The number of hydrogen-bond donors (Lipinski definition) is 1. The van der Waals surface area contributed by atoms with Gasteiger partial charge < -0.3 is 5.32 Å². The monoisotopic (exact) mass is 504 g/mol. The molecule has 1 N–H and O–H groups in total. The number of carbonyl (C=O) groups excluding carboxylic acids is 1. The van der Waals surface area contributed by atoms with Gasteiger partial charge in [-0.25, -0.2) is 0 Å². The lowest BCUT2D eigenvalue weighted by atomic mass is 10.1. The Hall–Kier alpha value is -2.38. The van der Waals surface area contributed by atoms with Crippen molar-refractivity contribution in [2.24, 2.45) is 0 Å². The highest BCUT2D eigenvalue weighted by Gasteiger charge is 2.47. The molecule has 0 radical (unpaired) electrons. The number of para-hydroxylation sites is 1. The van der Waals surface area contributed by atoms with Crippen LogP contribution in [-0.4, -0.2) is 37.0 Å². The van der Waals surface area contributed by atoms with Crippen LogP contribution in [0, 0.1) is 0 Å². The van der Waals surface area contributed by atoms with Gasteiger partial charge in [-0.05, 0) is 42.9 Å². The molecule has 4 rings (SSSR count). The van der Waals surface area contributed by atoms with E-state index in [1.54, 1.807) is 12.3 Å². The molecule has 1 aliphatic rings. The van der Waals surface area contributed by atoms with Crippen molar-refractivity contribution >= 4 is 80.7 Å². The van der Waals surface area contributed by atoms with Crippen molar-refractivity contribution in [1.82, 2.24) is 15.2 Å². The molecule has 0 spiro atoms. The lowest BCUT2D eigenvalue weighted by Crippen LogP contribution is -2.71. The van der Waals surface area contributed by atoms with E-state index in [4.69, 9.17) is 47.0 Å². The summed E-state index contributed by atoms with van der Waals surface area (Å²) in [4.78, 5) is 21.1. The quantitative estimate of drug-likeness (QED) is 0.289. The van der Waals surface area contributed by atoms with Gasteiger partial charge >= 0.3 is 0 Å². The van der Waals surface area contributed by atoms with Crippen LogP contribution < -0.4 is 10.2 Å². The number of thiocarbonyl (C=S) groups is 1. The van der Waals surface area contributed by atoms with Crippen LogP contribution in [0.25, 0.3) is 17.0 Å². The normalized spacial score (nSPS) is 19.4. The predicted molar refractivity (Wildman–Crippen MR) is 136 cm³/mol. The maximum absolute atomic E-state index is 13.3. The van der Waals surface area contributed by atoms with Gasteiger partial charge in [0.15, 0.2) is 11.3 Å². The Kier molecular flexibility index (Phi) is 6.58. The fourth-order valence-electron chi connectivity index (χ4n) is 3.73. The minimum atomic E-state index is -1.81. The average Bonchev–Trinajstić information content (AvgIpc) is 2.77. The molecule has 2 unspecified atom stereocenters. The minimum absolute atomic E-state index is 0.328. The summed E-state index contributed by atoms with van der Waals surface area (Å²) in [6, 6.07) is 19.1. The highest BCUT2D eigenvalue weighted by atomic mass is 35.6. The first-order chi connectivity index (χ1) is 15.3. The van der Waals surface area contributed by atoms with Crippen molar-refractivity contribution in [2.75, 3.05) is 4.90 Å². The summed E-state index contributed by atoms with van der Waals surface area (Å²) in [6.07, 6.45) is 3.39. The Morgan fingerprint density at radius 1 is 1.09 bits per heavy atom. The van der Waals surface area contributed by atoms with Gasteiger partial charge in [-0.2, -0.15) is 0 Å². The number of amides is 1. The Morgan fingerprint density at radius 2 is 1.81 bits per heavy atom. The highest BCUT2D eigenvalue weighted by molar-refractivity contribution is 7.80. The molecule has 0 aliphatic carbocycles. The second-order valence-corrected chi connectivity index (χ2v) is 9.99. The molecule has 0 bridgehead atoms. The number of anilines is 1. The number of nitrogens with one attached hydrogen (secondary N) is 1. The summed E-state index contributed by atoms with van der Waals surface area (Å²) < 4.78 is -1.81. The summed E-state index contributed by atoms with van der Waals surface area (Å²) in [6.45, 7) is 1.84. The third kappa shape index (κ3) is 4.55. The Morgan fingerprint density at radius 3 is 2.53 bits per heavy atom. The number of pyridine rings is 1. The smallest absolute Gasteiger partial charge is 0.249 e. The molecular weight excluding hydrogens is 487 g/mol. The number of nitrogens with zero attached hydrogens (tertiary/aromatic N) is 3. The molecule has 2 heterocycles. The van der Waals surface area contributed by atoms with Crippen molar-refractivity contribution in [2.45, 2.75) is 23.0 Å². The molecule has 1 saturated heterocycles. The first kappa shape index (κ1) is 22.8. The van der Waals surface area contributed by atoms with Crippen molar-refractivity contribution < 1.29 is 4.79 Å². The zero-order valence-electron chi connectivity index (χ0n) is 17.0. The van der Waals surface area contributed by atoms with E-state index in [1.165, 1.54) is 11.0 Å². The van der Waals surface area contributed by atoms with Crippen LogP contribution in [0.5, 0.6) is 0 Å². The molecule has 9 heteroatoms. The van der Waals surface area contributed by atoms with E-state index in [1.807, 2.05) is 72.5 Å². The third-order valence-electron chi connectivity index (χ3n) is 5.19. The van der Waals surface area contributed by atoms with Crippen LogP contribution in [0.4, 0.5) is 5.69 Å². The Labute approximate surface area is 206 Å². The number of carbonyl (C=O) groups is 1. The van der Waals surface area contributed by atoms with Gasteiger partial charge in [0, 0.05) is 17.7 Å². The summed E-state index contributed by atoms with van der Waals surface area (Å²) in [5, 5.41) is 4.32. The van der Waals surface area contributed by atoms with E-state index < -0.39 is 16.1 Å². The van der Waals surface area contributed by atoms with E-state index in [9.17, 15) is 4.79 Å². The first-order valence-corrected chi connectivity index (χ1v) is 11.4. The van der Waals surface area contributed by atoms with Crippen molar-refractivity contribution in [1.29, 1.82) is 0 Å². The van der Waals surface area contributed by atoms with Crippen LogP contribution in [0.1, 0.15) is 12.5 Å².